The Bertz CT molecular complexity index is 355. The maximum Gasteiger partial charge on any atom is 0.191 e. The standard InChI is InChI=1S/C18H37N5.HI/c1-4-19-18(21-14-17-8-11-22(3)15-17)20-9-5-10-23-12-6-16(2)7-13-23;/h16-17H,4-15H2,1-3H3,(H2,19,20,21);1H. The first kappa shape index (κ1) is 22.0. The minimum atomic E-state index is 0. The van der Waals surface area contributed by atoms with E-state index in [4.69, 9.17) is 4.99 Å². The van der Waals surface area contributed by atoms with E-state index in [-0.39, 0.29) is 24.0 Å². The van der Waals surface area contributed by atoms with Crippen LogP contribution in [0.4, 0.5) is 0 Å². The van der Waals surface area contributed by atoms with Crippen LogP contribution < -0.4 is 10.6 Å². The van der Waals surface area contributed by atoms with Gasteiger partial charge in [0.05, 0.1) is 0 Å². The topological polar surface area (TPSA) is 42.9 Å². The zero-order chi connectivity index (χ0) is 16.5. The van der Waals surface area contributed by atoms with Crippen molar-refractivity contribution in [2.24, 2.45) is 16.8 Å². The monoisotopic (exact) mass is 451 g/mol. The van der Waals surface area contributed by atoms with Crippen molar-refractivity contribution in [2.75, 3.05) is 59.4 Å². The van der Waals surface area contributed by atoms with Gasteiger partial charge in [-0.15, -0.1) is 24.0 Å². The summed E-state index contributed by atoms with van der Waals surface area (Å²) in [6, 6.07) is 0. The Kier molecular flexibility index (Phi) is 11.3. The summed E-state index contributed by atoms with van der Waals surface area (Å²) in [6.07, 6.45) is 5.22. The number of guanidine groups is 1. The summed E-state index contributed by atoms with van der Waals surface area (Å²) < 4.78 is 0. The Balaban J connectivity index is 0.00000288. The zero-order valence-electron chi connectivity index (χ0n) is 15.9. The van der Waals surface area contributed by atoms with E-state index in [0.717, 1.165) is 37.4 Å². The van der Waals surface area contributed by atoms with Gasteiger partial charge in [-0.25, -0.2) is 0 Å². The molecule has 0 amide bonds. The molecule has 0 aromatic heterocycles. The number of hydrogen-bond donors (Lipinski definition) is 2. The van der Waals surface area contributed by atoms with E-state index in [1.165, 1.54) is 58.4 Å². The van der Waals surface area contributed by atoms with Gasteiger partial charge in [-0.05, 0) is 77.7 Å². The fourth-order valence-corrected chi connectivity index (χ4v) is 3.53. The van der Waals surface area contributed by atoms with Crippen LogP contribution in [0.3, 0.4) is 0 Å². The first-order valence-electron chi connectivity index (χ1n) is 9.60. The van der Waals surface area contributed by atoms with Gasteiger partial charge < -0.3 is 20.4 Å². The molecule has 2 aliphatic heterocycles. The van der Waals surface area contributed by atoms with Crippen LogP contribution in [0.2, 0.25) is 0 Å². The highest BCUT2D eigenvalue weighted by atomic mass is 127. The summed E-state index contributed by atoms with van der Waals surface area (Å²) in [4.78, 5) is 9.79. The molecule has 2 saturated heterocycles. The molecular formula is C18H38IN5. The van der Waals surface area contributed by atoms with Crippen molar-refractivity contribution in [3.8, 4) is 0 Å². The molecule has 142 valence electrons. The fraction of sp³-hybridized carbons (Fsp3) is 0.944. The number of aliphatic imine (C=N–C) groups is 1. The van der Waals surface area contributed by atoms with Gasteiger partial charge in [0, 0.05) is 26.2 Å². The number of halogens is 1. The number of rotatable bonds is 7. The quantitative estimate of drug-likeness (QED) is 0.270. The molecule has 2 aliphatic rings. The van der Waals surface area contributed by atoms with Crippen LogP contribution in [-0.2, 0) is 0 Å². The molecule has 6 heteroatoms. The normalized spacial score (nSPS) is 24.0. The third-order valence-corrected chi connectivity index (χ3v) is 5.16. The maximum absolute atomic E-state index is 4.78. The first-order valence-corrected chi connectivity index (χ1v) is 9.60. The van der Waals surface area contributed by atoms with Crippen LogP contribution in [0.1, 0.15) is 39.5 Å². The van der Waals surface area contributed by atoms with Gasteiger partial charge in [0.15, 0.2) is 5.96 Å². The summed E-state index contributed by atoms with van der Waals surface area (Å²) >= 11 is 0. The molecular weight excluding hydrogens is 413 g/mol. The van der Waals surface area contributed by atoms with Crippen molar-refractivity contribution in [2.45, 2.75) is 39.5 Å². The summed E-state index contributed by atoms with van der Waals surface area (Å²) in [7, 11) is 2.20. The number of hydrogen-bond acceptors (Lipinski definition) is 3. The highest BCUT2D eigenvalue weighted by Gasteiger charge is 2.19. The SMILES string of the molecule is CCNC(=NCC1CCN(C)C1)NCCCN1CCC(C)CC1.I. The Morgan fingerprint density at radius 1 is 1.12 bits per heavy atom. The van der Waals surface area contributed by atoms with Crippen molar-refractivity contribution in [1.29, 1.82) is 0 Å². The van der Waals surface area contributed by atoms with E-state index in [2.05, 4.69) is 41.3 Å². The average Bonchev–Trinajstić information content (AvgIpc) is 2.96. The third kappa shape index (κ3) is 8.34. The second-order valence-corrected chi connectivity index (χ2v) is 7.44. The van der Waals surface area contributed by atoms with Gasteiger partial charge in [0.1, 0.15) is 0 Å². The van der Waals surface area contributed by atoms with Crippen LogP contribution in [0.15, 0.2) is 4.99 Å². The van der Waals surface area contributed by atoms with Crippen LogP contribution in [0.5, 0.6) is 0 Å². The summed E-state index contributed by atoms with van der Waals surface area (Å²) in [6.45, 7) is 13.6. The first-order chi connectivity index (χ1) is 11.2. The molecule has 2 heterocycles. The molecule has 0 spiro atoms. The van der Waals surface area contributed by atoms with Crippen molar-refractivity contribution < 1.29 is 0 Å². The van der Waals surface area contributed by atoms with Crippen LogP contribution in [0.25, 0.3) is 0 Å². The minimum absolute atomic E-state index is 0. The number of likely N-dealkylation sites (tertiary alicyclic amines) is 2. The molecule has 1 unspecified atom stereocenters. The van der Waals surface area contributed by atoms with Crippen molar-refractivity contribution in [3.05, 3.63) is 0 Å². The van der Waals surface area contributed by atoms with Gasteiger partial charge in [0.2, 0.25) is 0 Å². The lowest BCUT2D eigenvalue weighted by Crippen LogP contribution is -2.40. The van der Waals surface area contributed by atoms with E-state index < -0.39 is 0 Å². The summed E-state index contributed by atoms with van der Waals surface area (Å²) in [5.41, 5.74) is 0. The van der Waals surface area contributed by atoms with Crippen LogP contribution >= 0.6 is 24.0 Å². The Labute approximate surface area is 166 Å². The molecule has 0 bridgehead atoms. The molecule has 24 heavy (non-hydrogen) atoms. The predicted octanol–water partition coefficient (Wildman–Crippen LogP) is 2.23. The molecule has 0 saturated carbocycles. The number of nitrogens with zero attached hydrogens (tertiary/aromatic N) is 3. The fourth-order valence-electron chi connectivity index (χ4n) is 3.53. The van der Waals surface area contributed by atoms with Crippen molar-refractivity contribution in [3.63, 3.8) is 0 Å². The van der Waals surface area contributed by atoms with Crippen LogP contribution in [-0.4, -0.2) is 75.2 Å². The van der Waals surface area contributed by atoms with Crippen molar-refractivity contribution >= 4 is 29.9 Å². The average molecular weight is 451 g/mol. The van der Waals surface area contributed by atoms with E-state index in [9.17, 15) is 0 Å². The summed E-state index contributed by atoms with van der Waals surface area (Å²) in [5, 5.41) is 6.88. The number of piperidine rings is 1. The van der Waals surface area contributed by atoms with Gasteiger partial charge in [0.25, 0.3) is 0 Å². The lowest BCUT2D eigenvalue weighted by molar-refractivity contribution is 0.191. The third-order valence-electron chi connectivity index (χ3n) is 5.16. The minimum Gasteiger partial charge on any atom is -0.357 e. The molecule has 0 radical (unpaired) electrons. The Hall–Kier alpha value is -0.0800. The largest absolute Gasteiger partial charge is 0.357 e. The molecule has 2 fully saturated rings. The smallest absolute Gasteiger partial charge is 0.191 e. The van der Waals surface area contributed by atoms with Gasteiger partial charge in [-0.1, -0.05) is 6.92 Å². The Morgan fingerprint density at radius 3 is 2.50 bits per heavy atom. The predicted molar refractivity (Wildman–Crippen MR) is 114 cm³/mol. The lowest BCUT2D eigenvalue weighted by atomic mass is 9.99. The molecule has 2 rings (SSSR count). The molecule has 1 atom stereocenters. The second kappa shape index (κ2) is 12.3. The van der Waals surface area contributed by atoms with Gasteiger partial charge in [-0.3, -0.25) is 4.99 Å². The Morgan fingerprint density at radius 2 is 1.88 bits per heavy atom. The molecule has 5 nitrogen and oxygen atoms in total. The molecule has 2 N–H and O–H groups in total. The van der Waals surface area contributed by atoms with Gasteiger partial charge in [-0.2, -0.15) is 0 Å². The molecule has 0 aromatic carbocycles. The highest BCUT2D eigenvalue weighted by molar-refractivity contribution is 14.0. The molecule has 0 aliphatic carbocycles. The van der Waals surface area contributed by atoms with E-state index in [1.54, 1.807) is 0 Å². The lowest BCUT2D eigenvalue weighted by Gasteiger charge is -2.30. The van der Waals surface area contributed by atoms with E-state index in [1.807, 2.05) is 0 Å². The zero-order valence-corrected chi connectivity index (χ0v) is 18.2. The van der Waals surface area contributed by atoms with Crippen molar-refractivity contribution in [1.82, 2.24) is 20.4 Å². The second-order valence-electron chi connectivity index (χ2n) is 7.44. The highest BCUT2D eigenvalue weighted by Crippen LogP contribution is 2.16. The van der Waals surface area contributed by atoms with E-state index in [0.29, 0.717) is 0 Å². The summed E-state index contributed by atoms with van der Waals surface area (Å²) in [5.74, 6) is 2.65. The van der Waals surface area contributed by atoms with Gasteiger partial charge >= 0.3 is 0 Å². The maximum atomic E-state index is 4.78. The molecule has 0 aromatic rings. The van der Waals surface area contributed by atoms with Crippen LogP contribution in [0, 0.1) is 11.8 Å². The van der Waals surface area contributed by atoms with E-state index >= 15 is 0 Å². The number of nitrogens with one attached hydrogen (secondary N) is 2.